The van der Waals surface area contributed by atoms with Gasteiger partial charge in [0.05, 0.1) is 15.9 Å². The van der Waals surface area contributed by atoms with Crippen molar-refractivity contribution in [1.29, 1.82) is 0 Å². The molecule has 0 radical (unpaired) electrons. The van der Waals surface area contributed by atoms with E-state index >= 15 is 0 Å². The fourth-order valence-corrected chi connectivity index (χ4v) is 4.77. The second-order valence-electron chi connectivity index (χ2n) is 7.67. The molecule has 1 aliphatic heterocycles. The summed E-state index contributed by atoms with van der Waals surface area (Å²) in [5.74, 6) is 0.896. The van der Waals surface area contributed by atoms with E-state index in [0.717, 1.165) is 65.2 Å². The molecule has 3 aromatic rings. The number of thiophene rings is 1. The van der Waals surface area contributed by atoms with Gasteiger partial charge in [0.1, 0.15) is 5.82 Å². The number of nitrogens with zero attached hydrogens (tertiary/aromatic N) is 4. The molecule has 0 bridgehead atoms. The van der Waals surface area contributed by atoms with Crippen LogP contribution in [-0.4, -0.2) is 58.9 Å². The van der Waals surface area contributed by atoms with E-state index in [9.17, 15) is 4.79 Å². The average Bonchev–Trinajstić information content (AvgIpc) is 3.01. The minimum atomic E-state index is 0.131. The van der Waals surface area contributed by atoms with Gasteiger partial charge in [-0.25, -0.2) is 9.97 Å². The topological polar surface area (TPSA) is 49.3 Å². The minimum Gasteiger partial charge on any atom is -0.339 e. The van der Waals surface area contributed by atoms with E-state index in [2.05, 4.69) is 29.0 Å². The maximum atomic E-state index is 13.0. The van der Waals surface area contributed by atoms with Gasteiger partial charge in [-0.1, -0.05) is 12.1 Å². The van der Waals surface area contributed by atoms with Gasteiger partial charge >= 0.3 is 0 Å². The van der Waals surface area contributed by atoms with Crippen LogP contribution in [0.1, 0.15) is 35.4 Å². The monoisotopic (exact) mass is 394 g/mol. The molecule has 2 aromatic heterocycles. The van der Waals surface area contributed by atoms with E-state index in [1.807, 2.05) is 47.5 Å². The van der Waals surface area contributed by atoms with Gasteiger partial charge in [0.25, 0.3) is 5.91 Å². The third kappa shape index (κ3) is 3.80. The minimum absolute atomic E-state index is 0.131. The summed E-state index contributed by atoms with van der Waals surface area (Å²) in [6.45, 7) is 3.58. The molecule has 1 saturated heterocycles. The Morgan fingerprint density at radius 3 is 2.64 bits per heavy atom. The zero-order valence-electron chi connectivity index (χ0n) is 16.7. The van der Waals surface area contributed by atoms with Gasteiger partial charge < -0.3 is 9.80 Å². The smallest absolute Gasteiger partial charge is 0.253 e. The van der Waals surface area contributed by atoms with Crippen LogP contribution in [0.5, 0.6) is 0 Å². The van der Waals surface area contributed by atoms with Crippen LogP contribution < -0.4 is 0 Å². The summed E-state index contributed by atoms with van der Waals surface area (Å²) in [4.78, 5) is 26.4. The highest BCUT2D eigenvalue weighted by Crippen LogP contribution is 2.30. The molecule has 1 aromatic carbocycles. The van der Waals surface area contributed by atoms with Crippen LogP contribution in [0.25, 0.3) is 21.5 Å². The number of amides is 1. The van der Waals surface area contributed by atoms with Crippen LogP contribution >= 0.6 is 11.3 Å². The first-order valence-electron chi connectivity index (χ1n) is 9.81. The van der Waals surface area contributed by atoms with Crippen LogP contribution in [0.3, 0.4) is 0 Å². The Balaban J connectivity index is 1.54. The van der Waals surface area contributed by atoms with Gasteiger partial charge in [-0.05, 0) is 63.9 Å². The van der Waals surface area contributed by atoms with Crippen molar-refractivity contribution in [3.63, 3.8) is 0 Å². The predicted octanol–water partition coefficient (Wildman–Crippen LogP) is 4.22. The highest BCUT2D eigenvalue weighted by molar-refractivity contribution is 7.17. The molecule has 3 heterocycles. The molecule has 146 valence electrons. The third-order valence-corrected chi connectivity index (χ3v) is 6.45. The van der Waals surface area contributed by atoms with E-state index in [-0.39, 0.29) is 5.91 Å². The number of carbonyl (C=O) groups excluding carboxylic acids is 1. The molecule has 0 aliphatic carbocycles. The molecular weight excluding hydrogens is 368 g/mol. The summed E-state index contributed by atoms with van der Waals surface area (Å²) in [5.41, 5.74) is 3.70. The number of hydrogen-bond donors (Lipinski definition) is 0. The average molecular weight is 395 g/mol. The van der Waals surface area contributed by atoms with Gasteiger partial charge in [-0.2, -0.15) is 0 Å². The van der Waals surface area contributed by atoms with Gasteiger partial charge in [0, 0.05) is 30.3 Å². The molecule has 4 rings (SSSR count). The molecule has 1 aliphatic rings. The molecule has 1 unspecified atom stereocenters. The number of aryl methyl sites for hydroxylation is 1. The van der Waals surface area contributed by atoms with Crippen LogP contribution in [0, 0.1) is 6.92 Å². The van der Waals surface area contributed by atoms with E-state index in [1.165, 1.54) is 0 Å². The lowest BCUT2D eigenvalue weighted by Crippen LogP contribution is -2.33. The number of hydrogen-bond acceptors (Lipinski definition) is 5. The van der Waals surface area contributed by atoms with Gasteiger partial charge in [0.15, 0.2) is 0 Å². The Morgan fingerprint density at radius 1 is 1.11 bits per heavy atom. The van der Waals surface area contributed by atoms with Crippen molar-refractivity contribution in [2.75, 3.05) is 27.2 Å². The van der Waals surface area contributed by atoms with Crippen LogP contribution in [0.15, 0.2) is 35.7 Å². The van der Waals surface area contributed by atoms with Crippen molar-refractivity contribution in [3.05, 3.63) is 47.1 Å². The summed E-state index contributed by atoms with van der Waals surface area (Å²) in [5, 5.41) is 2.04. The SMILES string of the molecule is Cc1nc(-c2ccc(C(=O)N3CCCC(N(C)C)CC3)cc2)c2sccc2n1. The van der Waals surface area contributed by atoms with Crippen molar-refractivity contribution in [2.24, 2.45) is 0 Å². The summed E-state index contributed by atoms with van der Waals surface area (Å²) in [6, 6.07) is 10.5. The van der Waals surface area contributed by atoms with Crippen molar-refractivity contribution in [2.45, 2.75) is 32.2 Å². The normalized spacial score (nSPS) is 17.9. The molecule has 6 heteroatoms. The Hall–Kier alpha value is -2.31. The van der Waals surface area contributed by atoms with Crippen molar-refractivity contribution in [3.8, 4) is 11.3 Å². The Labute approximate surface area is 170 Å². The zero-order chi connectivity index (χ0) is 19.7. The molecule has 1 fully saturated rings. The van der Waals surface area contributed by atoms with Gasteiger partial charge in [-0.15, -0.1) is 11.3 Å². The third-order valence-electron chi connectivity index (χ3n) is 5.54. The molecule has 1 atom stereocenters. The number of fused-ring (bicyclic) bond motifs is 1. The number of likely N-dealkylation sites (tertiary alicyclic amines) is 1. The highest BCUT2D eigenvalue weighted by Gasteiger charge is 2.22. The van der Waals surface area contributed by atoms with Crippen molar-refractivity contribution in [1.82, 2.24) is 19.8 Å². The Bertz CT molecular complexity index is 980. The van der Waals surface area contributed by atoms with E-state index in [1.54, 1.807) is 11.3 Å². The van der Waals surface area contributed by atoms with Crippen molar-refractivity contribution >= 4 is 27.5 Å². The number of benzene rings is 1. The standard InChI is InChI=1S/C22H26N4OS/c1-15-23-19-11-14-28-21(19)20(24-15)16-6-8-17(9-7-16)22(27)26-12-4-5-18(10-13-26)25(2)3/h6-9,11,14,18H,4-5,10,12-13H2,1-3H3. The lowest BCUT2D eigenvalue weighted by molar-refractivity contribution is 0.0758. The summed E-state index contributed by atoms with van der Waals surface area (Å²) < 4.78 is 1.09. The zero-order valence-corrected chi connectivity index (χ0v) is 17.5. The molecule has 1 amide bonds. The molecule has 28 heavy (non-hydrogen) atoms. The maximum Gasteiger partial charge on any atom is 0.253 e. The van der Waals surface area contributed by atoms with Gasteiger partial charge in [-0.3, -0.25) is 4.79 Å². The predicted molar refractivity (Wildman–Crippen MR) is 115 cm³/mol. The molecule has 0 saturated carbocycles. The summed E-state index contributed by atoms with van der Waals surface area (Å²) in [6.07, 6.45) is 3.25. The van der Waals surface area contributed by atoms with E-state index < -0.39 is 0 Å². The first-order chi connectivity index (χ1) is 13.5. The van der Waals surface area contributed by atoms with Crippen LogP contribution in [0.4, 0.5) is 0 Å². The second kappa shape index (κ2) is 7.97. The Morgan fingerprint density at radius 2 is 1.89 bits per heavy atom. The fourth-order valence-electron chi connectivity index (χ4n) is 3.93. The molecule has 0 spiro atoms. The van der Waals surface area contributed by atoms with E-state index in [4.69, 9.17) is 0 Å². The molecule has 0 N–H and O–H groups in total. The molecule has 5 nitrogen and oxygen atoms in total. The molecular formula is C22H26N4OS. The summed E-state index contributed by atoms with van der Waals surface area (Å²) in [7, 11) is 4.25. The van der Waals surface area contributed by atoms with Crippen molar-refractivity contribution < 1.29 is 4.79 Å². The second-order valence-corrected chi connectivity index (χ2v) is 8.59. The number of carbonyl (C=O) groups is 1. The maximum absolute atomic E-state index is 13.0. The lowest BCUT2D eigenvalue weighted by Gasteiger charge is -2.23. The van der Waals surface area contributed by atoms with Crippen LogP contribution in [0.2, 0.25) is 0 Å². The van der Waals surface area contributed by atoms with Crippen LogP contribution in [-0.2, 0) is 0 Å². The summed E-state index contributed by atoms with van der Waals surface area (Å²) >= 11 is 1.65. The first-order valence-corrected chi connectivity index (χ1v) is 10.7. The Kier molecular flexibility index (Phi) is 5.42. The quantitative estimate of drug-likeness (QED) is 0.667. The van der Waals surface area contributed by atoms with Gasteiger partial charge in [0.2, 0.25) is 0 Å². The first kappa shape index (κ1) is 19.0. The fraction of sp³-hybridized carbons (Fsp3) is 0.409. The number of rotatable bonds is 3. The largest absolute Gasteiger partial charge is 0.339 e. The highest BCUT2D eigenvalue weighted by atomic mass is 32.1. The number of aromatic nitrogens is 2. The van der Waals surface area contributed by atoms with E-state index in [0.29, 0.717) is 6.04 Å². The lowest BCUT2D eigenvalue weighted by atomic mass is 10.1.